The molecule has 0 saturated heterocycles. The molecular formula is C7H5N2. The van der Waals surface area contributed by atoms with Crippen LogP contribution in [0.3, 0.4) is 0 Å². The molecular weight excluding hydrogens is 112 g/mol. The molecule has 1 aromatic rings. The maximum atomic E-state index is 8.35. The second-order valence-electron chi connectivity index (χ2n) is 1.66. The topological polar surface area (TPSA) is 47.6 Å². The van der Waals surface area contributed by atoms with E-state index in [4.69, 9.17) is 11.0 Å². The summed E-state index contributed by atoms with van der Waals surface area (Å²) in [5.41, 5.74) is 7.87. The Balaban J connectivity index is 3.20. The largest absolute Gasteiger partial charge is 0.300 e. The molecule has 43 valence electrons. The van der Waals surface area contributed by atoms with Crippen molar-refractivity contribution >= 4 is 5.69 Å². The summed E-state index contributed by atoms with van der Waals surface area (Å²) in [6.07, 6.45) is 0. The molecule has 0 saturated carbocycles. The molecule has 2 heteroatoms. The lowest BCUT2D eigenvalue weighted by atomic mass is 10.2. The number of hydrogen-bond donors (Lipinski definition) is 0. The molecule has 0 fully saturated rings. The van der Waals surface area contributed by atoms with E-state index in [1.807, 2.05) is 6.07 Å². The van der Waals surface area contributed by atoms with Gasteiger partial charge in [0.25, 0.3) is 0 Å². The average Bonchev–Trinajstić information content (AvgIpc) is 1.89. The zero-order valence-corrected chi connectivity index (χ0v) is 4.76. The molecule has 0 aliphatic carbocycles. The van der Waals surface area contributed by atoms with Crippen LogP contribution in [0, 0.1) is 11.3 Å². The Hall–Kier alpha value is -1.49. The summed E-state index contributed by atoms with van der Waals surface area (Å²) in [4.78, 5) is 0. The maximum Gasteiger partial charge on any atom is 0.101 e. The normalized spacial score (nSPS) is 8.33. The number of nitrogens with one attached hydrogen (secondary N) is 1. The molecule has 0 spiro atoms. The summed E-state index contributed by atoms with van der Waals surface area (Å²) >= 11 is 0. The highest BCUT2D eigenvalue weighted by Gasteiger charge is 1.91. The molecule has 1 N–H and O–H groups in total. The van der Waals surface area contributed by atoms with Crippen LogP contribution < -0.4 is 5.73 Å². The summed E-state index contributed by atoms with van der Waals surface area (Å²) in [6.45, 7) is 0. The van der Waals surface area contributed by atoms with Crippen molar-refractivity contribution in [1.82, 2.24) is 5.73 Å². The first-order valence-electron chi connectivity index (χ1n) is 2.55. The van der Waals surface area contributed by atoms with E-state index < -0.39 is 0 Å². The molecule has 2 nitrogen and oxygen atoms in total. The van der Waals surface area contributed by atoms with Crippen molar-refractivity contribution in [3.8, 4) is 6.07 Å². The molecule has 0 aliphatic heterocycles. The van der Waals surface area contributed by atoms with E-state index in [1.54, 1.807) is 24.3 Å². The van der Waals surface area contributed by atoms with Crippen molar-refractivity contribution in [2.45, 2.75) is 0 Å². The Morgan fingerprint density at radius 2 is 2.00 bits per heavy atom. The predicted molar refractivity (Wildman–Crippen MR) is 33.9 cm³/mol. The number of rotatable bonds is 0. The van der Waals surface area contributed by atoms with Crippen molar-refractivity contribution < 1.29 is 0 Å². The highest BCUT2D eigenvalue weighted by atomic mass is 14.6. The molecule has 0 aliphatic rings. The second kappa shape index (κ2) is 2.19. The van der Waals surface area contributed by atoms with Gasteiger partial charge in [0.2, 0.25) is 0 Å². The fraction of sp³-hybridized carbons (Fsp3) is 0. The molecule has 1 aromatic carbocycles. The van der Waals surface area contributed by atoms with Gasteiger partial charge in [-0.05, 0) is 12.1 Å². The minimum absolute atomic E-state index is 0.292. The van der Waals surface area contributed by atoms with Crippen LogP contribution in [0.2, 0.25) is 0 Å². The average molecular weight is 117 g/mol. The Bertz CT molecular complexity index is 247. The zero-order chi connectivity index (χ0) is 6.69. The van der Waals surface area contributed by atoms with Gasteiger partial charge in [-0.1, -0.05) is 12.1 Å². The van der Waals surface area contributed by atoms with Gasteiger partial charge in [0, 0.05) is 0 Å². The Kier molecular flexibility index (Phi) is 1.37. The van der Waals surface area contributed by atoms with Crippen LogP contribution in [0.1, 0.15) is 5.56 Å². The highest BCUT2D eigenvalue weighted by Crippen LogP contribution is 2.09. The zero-order valence-electron chi connectivity index (χ0n) is 4.76. The molecule has 1 radical (unpaired) electrons. The van der Waals surface area contributed by atoms with E-state index in [2.05, 4.69) is 0 Å². The first-order chi connectivity index (χ1) is 4.34. The third-order valence-electron chi connectivity index (χ3n) is 1.05. The Morgan fingerprint density at radius 3 is 2.44 bits per heavy atom. The SMILES string of the molecule is N#Cc1ccccc1[NH]. The van der Waals surface area contributed by atoms with Crippen LogP contribution in [0.4, 0.5) is 5.69 Å². The minimum atomic E-state index is 0.292. The maximum absolute atomic E-state index is 8.35. The van der Waals surface area contributed by atoms with Gasteiger partial charge in [-0.15, -0.1) is 0 Å². The van der Waals surface area contributed by atoms with Gasteiger partial charge < -0.3 is 0 Å². The van der Waals surface area contributed by atoms with Gasteiger partial charge >= 0.3 is 0 Å². The quantitative estimate of drug-likeness (QED) is 0.507. The monoisotopic (exact) mass is 117 g/mol. The molecule has 0 bridgehead atoms. The van der Waals surface area contributed by atoms with Crippen LogP contribution in [-0.2, 0) is 0 Å². The van der Waals surface area contributed by atoms with Crippen LogP contribution in [0.15, 0.2) is 24.3 Å². The fourth-order valence-corrected chi connectivity index (χ4v) is 0.581. The van der Waals surface area contributed by atoms with E-state index in [1.165, 1.54) is 0 Å². The fourth-order valence-electron chi connectivity index (χ4n) is 0.581. The third kappa shape index (κ3) is 1.000. The van der Waals surface area contributed by atoms with Gasteiger partial charge in [-0.3, -0.25) is 5.73 Å². The van der Waals surface area contributed by atoms with Crippen molar-refractivity contribution in [1.29, 1.82) is 5.26 Å². The summed E-state index contributed by atoms with van der Waals surface area (Å²) in [5.74, 6) is 0. The molecule has 0 heterocycles. The summed E-state index contributed by atoms with van der Waals surface area (Å²) < 4.78 is 0. The van der Waals surface area contributed by atoms with E-state index in [0.717, 1.165) is 0 Å². The summed E-state index contributed by atoms with van der Waals surface area (Å²) in [7, 11) is 0. The van der Waals surface area contributed by atoms with Crippen LogP contribution in [0.25, 0.3) is 0 Å². The molecule has 0 atom stereocenters. The minimum Gasteiger partial charge on any atom is -0.300 e. The van der Waals surface area contributed by atoms with E-state index in [0.29, 0.717) is 11.3 Å². The molecule has 0 unspecified atom stereocenters. The molecule has 0 aromatic heterocycles. The number of nitrogens with zero attached hydrogens (tertiary/aromatic N) is 1. The van der Waals surface area contributed by atoms with E-state index in [9.17, 15) is 0 Å². The Labute approximate surface area is 53.5 Å². The van der Waals surface area contributed by atoms with Gasteiger partial charge in [-0.25, -0.2) is 0 Å². The van der Waals surface area contributed by atoms with E-state index >= 15 is 0 Å². The number of hydrogen-bond acceptors (Lipinski definition) is 1. The standard InChI is InChI=1S/C7H5N2/c8-5-6-3-1-2-4-7(6)9/h1-4,9H. The summed E-state index contributed by atoms with van der Waals surface area (Å²) in [5, 5.41) is 8.35. The van der Waals surface area contributed by atoms with Crippen molar-refractivity contribution in [3.05, 3.63) is 29.8 Å². The van der Waals surface area contributed by atoms with Crippen molar-refractivity contribution in [2.75, 3.05) is 0 Å². The van der Waals surface area contributed by atoms with Crippen LogP contribution in [0.5, 0.6) is 0 Å². The molecule has 9 heavy (non-hydrogen) atoms. The van der Waals surface area contributed by atoms with Crippen LogP contribution in [-0.4, -0.2) is 0 Å². The molecule has 1 rings (SSSR count). The first-order valence-corrected chi connectivity index (χ1v) is 2.55. The van der Waals surface area contributed by atoms with Gasteiger partial charge in [0.15, 0.2) is 0 Å². The van der Waals surface area contributed by atoms with Crippen LogP contribution >= 0.6 is 0 Å². The highest BCUT2D eigenvalue weighted by molar-refractivity contribution is 5.50. The molecule has 0 amide bonds. The van der Waals surface area contributed by atoms with Gasteiger partial charge in [0.1, 0.15) is 6.07 Å². The second-order valence-corrected chi connectivity index (χ2v) is 1.66. The lowest BCUT2D eigenvalue weighted by molar-refractivity contribution is 1.42. The van der Waals surface area contributed by atoms with Gasteiger partial charge in [0.05, 0.1) is 11.3 Å². The van der Waals surface area contributed by atoms with Crippen molar-refractivity contribution in [3.63, 3.8) is 0 Å². The smallest absolute Gasteiger partial charge is 0.101 e. The first kappa shape index (κ1) is 5.64. The number of benzene rings is 1. The van der Waals surface area contributed by atoms with Crippen molar-refractivity contribution in [2.24, 2.45) is 0 Å². The lowest BCUT2D eigenvalue weighted by Gasteiger charge is -1.89. The predicted octanol–water partition coefficient (Wildman–Crippen LogP) is 1.47. The summed E-state index contributed by atoms with van der Waals surface area (Å²) in [6, 6.07) is 8.62. The van der Waals surface area contributed by atoms with Gasteiger partial charge in [-0.2, -0.15) is 5.26 Å². The third-order valence-corrected chi connectivity index (χ3v) is 1.05. The number of nitriles is 1. The lowest BCUT2D eigenvalue weighted by Crippen LogP contribution is -1.75. The Morgan fingerprint density at radius 1 is 1.33 bits per heavy atom. The van der Waals surface area contributed by atoms with E-state index in [-0.39, 0.29) is 0 Å².